The molecule has 1 amide bonds. The predicted molar refractivity (Wildman–Crippen MR) is 122 cm³/mol. The highest BCUT2D eigenvalue weighted by Crippen LogP contribution is 2.24. The Kier molecular flexibility index (Phi) is 6.48. The van der Waals surface area contributed by atoms with Crippen molar-refractivity contribution in [2.45, 2.75) is 25.2 Å². The second-order valence-corrected chi connectivity index (χ2v) is 9.47. The Hall–Kier alpha value is -2.83. The van der Waals surface area contributed by atoms with Crippen LogP contribution in [0.25, 0.3) is 0 Å². The average Bonchev–Trinajstić information content (AvgIpc) is 2.72. The zero-order valence-electron chi connectivity index (χ0n) is 17.0. The summed E-state index contributed by atoms with van der Waals surface area (Å²) in [5, 5.41) is 3.40. The molecule has 1 N–H and O–H groups in total. The fourth-order valence-corrected chi connectivity index (χ4v) is 4.31. The molecule has 0 aliphatic rings. The molecule has 0 fully saturated rings. The van der Waals surface area contributed by atoms with E-state index >= 15 is 0 Å². The molecule has 0 unspecified atom stereocenters. The summed E-state index contributed by atoms with van der Waals surface area (Å²) in [6.45, 7) is 3.97. The van der Waals surface area contributed by atoms with Gasteiger partial charge in [0.1, 0.15) is 0 Å². The molecular weight excluding hydrogens is 420 g/mol. The number of carbonyl (C=O) groups excluding carboxylic acids is 1. The number of carbonyl (C=O) groups is 1. The van der Waals surface area contributed by atoms with Gasteiger partial charge in [0.15, 0.2) is 0 Å². The predicted octanol–water partition coefficient (Wildman–Crippen LogP) is 4.96. The first-order chi connectivity index (χ1) is 14.2. The van der Waals surface area contributed by atoms with E-state index in [1.54, 1.807) is 36.4 Å². The van der Waals surface area contributed by atoms with Crippen LogP contribution >= 0.6 is 11.6 Å². The molecule has 0 radical (unpaired) electrons. The maximum absolute atomic E-state index is 12.8. The van der Waals surface area contributed by atoms with Crippen molar-refractivity contribution < 1.29 is 13.2 Å². The number of anilines is 2. The number of hydrogen-bond acceptors (Lipinski definition) is 3. The third kappa shape index (κ3) is 4.83. The first kappa shape index (κ1) is 21.9. The number of aryl methyl sites for hydroxylation is 1. The fraction of sp³-hybridized carbons (Fsp3) is 0.174. The van der Waals surface area contributed by atoms with Crippen molar-refractivity contribution in [3.05, 3.63) is 88.4 Å². The van der Waals surface area contributed by atoms with Crippen LogP contribution in [0.5, 0.6) is 0 Å². The summed E-state index contributed by atoms with van der Waals surface area (Å²) in [5.41, 5.74) is 4.24. The van der Waals surface area contributed by atoms with Gasteiger partial charge in [0.25, 0.3) is 10.0 Å². The normalized spacial score (nSPS) is 11.2. The van der Waals surface area contributed by atoms with E-state index in [-0.39, 0.29) is 17.2 Å². The SMILES string of the molecule is Cc1cccc(NC(=O)Cc2ccc(N(C)S(=O)(=O)c3ccc(Cl)cc3)cc2)c1C. The highest BCUT2D eigenvalue weighted by Gasteiger charge is 2.21. The average molecular weight is 443 g/mol. The van der Waals surface area contributed by atoms with Crippen LogP contribution < -0.4 is 9.62 Å². The molecule has 0 bridgehead atoms. The number of amides is 1. The highest BCUT2D eigenvalue weighted by atomic mass is 35.5. The number of nitrogens with one attached hydrogen (secondary N) is 1. The topological polar surface area (TPSA) is 66.5 Å². The van der Waals surface area contributed by atoms with E-state index in [4.69, 9.17) is 11.6 Å². The van der Waals surface area contributed by atoms with Crippen LogP contribution in [0.3, 0.4) is 0 Å². The van der Waals surface area contributed by atoms with Gasteiger partial charge in [-0.3, -0.25) is 9.10 Å². The first-order valence-electron chi connectivity index (χ1n) is 9.38. The Morgan fingerprint density at radius 3 is 2.23 bits per heavy atom. The summed E-state index contributed by atoms with van der Waals surface area (Å²) in [6, 6.07) is 18.7. The second kappa shape index (κ2) is 8.90. The summed E-state index contributed by atoms with van der Waals surface area (Å²) >= 11 is 5.84. The Bertz CT molecular complexity index is 1160. The molecule has 5 nitrogen and oxygen atoms in total. The first-order valence-corrected chi connectivity index (χ1v) is 11.2. The minimum absolute atomic E-state index is 0.126. The molecule has 156 valence electrons. The van der Waals surface area contributed by atoms with E-state index in [9.17, 15) is 13.2 Å². The zero-order chi connectivity index (χ0) is 21.9. The molecular formula is C23H23ClN2O3S. The highest BCUT2D eigenvalue weighted by molar-refractivity contribution is 7.92. The monoisotopic (exact) mass is 442 g/mol. The molecule has 0 heterocycles. The van der Waals surface area contributed by atoms with Crippen molar-refractivity contribution in [3.8, 4) is 0 Å². The van der Waals surface area contributed by atoms with Crippen LogP contribution in [-0.2, 0) is 21.2 Å². The van der Waals surface area contributed by atoms with Gasteiger partial charge >= 0.3 is 0 Å². The van der Waals surface area contributed by atoms with Crippen LogP contribution in [0.2, 0.25) is 5.02 Å². The standard InChI is InChI=1S/C23H23ClN2O3S/c1-16-5-4-6-22(17(16)2)25-23(27)15-18-7-11-20(12-8-18)26(3)30(28,29)21-13-9-19(24)10-14-21/h4-14H,15H2,1-3H3,(H,25,27). The lowest BCUT2D eigenvalue weighted by molar-refractivity contribution is -0.115. The van der Waals surface area contributed by atoms with Gasteiger partial charge < -0.3 is 5.32 Å². The van der Waals surface area contributed by atoms with E-state index < -0.39 is 10.0 Å². The van der Waals surface area contributed by atoms with Crippen molar-refractivity contribution >= 4 is 38.9 Å². The van der Waals surface area contributed by atoms with Crippen molar-refractivity contribution in [1.82, 2.24) is 0 Å². The van der Waals surface area contributed by atoms with E-state index in [2.05, 4.69) is 5.32 Å². The molecule has 7 heteroatoms. The van der Waals surface area contributed by atoms with Gasteiger partial charge in [0.2, 0.25) is 5.91 Å². The molecule has 0 saturated heterocycles. The number of rotatable bonds is 6. The molecule has 0 aromatic heterocycles. The molecule has 0 aliphatic carbocycles. The lowest BCUT2D eigenvalue weighted by atomic mass is 10.1. The van der Waals surface area contributed by atoms with Crippen LogP contribution in [0.15, 0.2) is 71.6 Å². The van der Waals surface area contributed by atoms with Gasteiger partial charge in [-0.05, 0) is 73.0 Å². The summed E-state index contributed by atoms with van der Waals surface area (Å²) in [4.78, 5) is 12.6. The summed E-state index contributed by atoms with van der Waals surface area (Å²) in [6.07, 6.45) is 0.196. The molecule has 3 aromatic rings. The van der Waals surface area contributed by atoms with E-state index in [0.717, 1.165) is 22.4 Å². The quantitative estimate of drug-likeness (QED) is 0.586. The van der Waals surface area contributed by atoms with Crippen LogP contribution in [-0.4, -0.2) is 21.4 Å². The Balaban J connectivity index is 1.70. The zero-order valence-corrected chi connectivity index (χ0v) is 18.6. The molecule has 3 aromatic carbocycles. The Morgan fingerprint density at radius 1 is 0.967 bits per heavy atom. The molecule has 30 heavy (non-hydrogen) atoms. The number of hydrogen-bond donors (Lipinski definition) is 1. The number of halogens is 1. The molecule has 0 atom stereocenters. The largest absolute Gasteiger partial charge is 0.326 e. The van der Waals surface area contributed by atoms with Crippen LogP contribution in [0, 0.1) is 13.8 Å². The summed E-state index contributed by atoms with van der Waals surface area (Å²) in [7, 11) is -2.21. The van der Waals surface area contributed by atoms with Crippen molar-refractivity contribution in [3.63, 3.8) is 0 Å². The third-order valence-electron chi connectivity index (χ3n) is 5.02. The molecule has 3 rings (SSSR count). The summed E-state index contributed by atoms with van der Waals surface area (Å²) in [5.74, 6) is -0.126. The minimum Gasteiger partial charge on any atom is -0.326 e. The van der Waals surface area contributed by atoms with Gasteiger partial charge in [-0.15, -0.1) is 0 Å². The van der Waals surface area contributed by atoms with Crippen molar-refractivity contribution in [2.75, 3.05) is 16.7 Å². The Labute approximate surface area is 182 Å². The van der Waals surface area contributed by atoms with Crippen LogP contribution in [0.1, 0.15) is 16.7 Å². The third-order valence-corrected chi connectivity index (χ3v) is 7.07. The number of nitrogens with zero attached hydrogens (tertiary/aromatic N) is 1. The lowest BCUT2D eigenvalue weighted by Gasteiger charge is -2.20. The van der Waals surface area contributed by atoms with E-state index in [1.165, 1.54) is 23.5 Å². The number of benzene rings is 3. The van der Waals surface area contributed by atoms with Gasteiger partial charge in [-0.25, -0.2) is 8.42 Å². The van der Waals surface area contributed by atoms with Crippen molar-refractivity contribution in [2.24, 2.45) is 0 Å². The molecule has 0 saturated carbocycles. The van der Waals surface area contributed by atoms with Gasteiger partial charge in [0, 0.05) is 17.8 Å². The molecule has 0 aliphatic heterocycles. The van der Waals surface area contributed by atoms with Crippen molar-refractivity contribution in [1.29, 1.82) is 0 Å². The lowest BCUT2D eigenvalue weighted by Crippen LogP contribution is -2.26. The Morgan fingerprint density at radius 2 is 1.60 bits per heavy atom. The fourth-order valence-electron chi connectivity index (χ4n) is 2.99. The van der Waals surface area contributed by atoms with Gasteiger partial charge in [-0.1, -0.05) is 35.9 Å². The minimum atomic E-state index is -3.70. The van der Waals surface area contributed by atoms with Gasteiger partial charge in [0.05, 0.1) is 17.0 Å². The smallest absolute Gasteiger partial charge is 0.264 e. The maximum atomic E-state index is 12.8. The van der Waals surface area contributed by atoms with E-state index in [1.807, 2.05) is 32.0 Å². The van der Waals surface area contributed by atoms with E-state index in [0.29, 0.717) is 10.7 Å². The number of sulfonamides is 1. The summed E-state index contributed by atoms with van der Waals surface area (Å²) < 4.78 is 26.8. The van der Waals surface area contributed by atoms with Crippen LogP contribution in [0.4, 0.5) is 11.4 Å². The van der Waals surface area contributed by atoms with Gasteiger partial charge in [-0.2, -0.15) is 0 Å². The maximum Gasteiger partial charge on any atom is 0.264 e. The second-order valence-electron chi connectivity index (χ2n) is 7.07. The molecule has 0 spiro atoms.